The lowest BCUT2D eigenvalue weighted by molar-refractivity contribution is 0.0996. The Balaban J connectivity index is 2.04. The van der Waals surface area contributed by atoms with Gasteiger partial charge in [0, 0.05) is 11.8 Å². The Kier molecular flexibility index (Phi) is 1.66. The Morgan fingerprint density at radius 3 is 2.78 bits per heavy atom. The lowest BCUT2D eigenvalue weighted by Crippen LogP contribution is -2.13. The van der Waals surface area contributed by atoms with Crippen LogP contribution in [0, 0.1) is 0 Å². The molecule has 2 aliphatic heterocycles. The summed E-state index contributed by atoms with van der Waals surface area (Å²) in [5.41, 5.74) is 9.31. The zero-order valence-electron chi connectivity index (χ0n) is 9.63. The number of imidazole rings is 1. The van der Waals surface area contributed by atoms with E-state index in [0.29, 0.717) is 11.7 Å². The van der Waals surface area contributed by atoms with Crippen LogP contribution >= 0.6 is 0 Å². The predicted molar refractivity (Wildman–Crippen MR) is 67.8 cm³/mol. The molecule has 1 aliphatic carbocycles. The SMILES string of the molecule is NC(=O)c1cn2c(n1)-c1ccccc1C1=CC2C1. The summed E-state index contributed by atoms with van der Waals surface area (Å²) in [6.45, 7) is 0. The van der Waals surface area contributed by atoms with Gasteiger partial charge in [-0.05, 0) is 17.6 Å². The van der Waals surface area contributed by atoms with E-state index >= 15 is 0 Å². The number of amides is 1. The monoisotopic (exact) mass is 237 g/mol. The van der Waals surface area contributed by atoms with E-state index in [0.717, 1.165) is 17.8 Å². The third-order valence-electron chi connectivity index (χ3n) is 3.68. The minimum atomic E-state index is -0.475. The van der Waals surface area contributed by atoms with E-state index in [1.807, 2.05) is 18.2 Å². The molecular weight excluding hydrogens is 226 g/mol. The number of carbonyl (C=O) groups is 1. The molecule has 1 amide bonds. The van der Waals surface area contributed by atoms with Gasteiger partial charge < -0.3 is 10.3 Å². The molecule has 1 unspecified atom stereocenters. The van der Waals surface area contributed by atoms with Crippen molar-refractivity contribution in [3.63, 3.8) is 0 Å². The minimum absolute atomic E-state index is 0.308. The van der Waals surface area contributed by atoms with Crippen LogP contribution in [-0.2, 0) is 0 Å². The van der Waals surface area contributed by atoms with Gasteiger partial charge >= 0.3 is 0 Å². The molecule has 1 aromatic heterocycles. The van der Waals surface area contributed by atoms with E-state index in [1.165, 1.54) is 11.1 Å². The van der Waals surface area contributed by atoms with E-state index < -0.39 is 5.91 Å². The third-order valence-corrected chi connectivity index (χ3v) is 3.68. The van der Waals surface area contributed by atoms with E-state index in [4.69, 9.17) is 5.73 Å². The van der Waals surface area contributed by atoms with Crippen molar-refractivity contribution in [3.05, 3.63) is 47.8 Å². The molecule has 3 aliphatic rings. The molecule has 0 saturated heterocycles. The minimum Gasteiger partial charge on any atom is -0.364 e. The lowest BCUT2D eigenvalue weighted by atomic mass is 9.87. The first-order chi connectivity index (χ1) is 8.74. The van der Waals surface area contributed by atoms with Gasteiger partial charge in [0.25, 0.3) is 5.91 Å². The van der Waals surface area contributed by atoms with Crippen LogP contribution < -0.4 is 5.73 Å². The highest BCUT2D eigenvalue weighted by atomic mass is 16.1. The molecule has 3 heterocycles. The molecule has 2 bridgehead atoms. The Morgan fingerprint density at radius 2 is 2.06 bits per heavy atom. The average molecular weight is 237 g/mol. The van der Waals surface area contributed by atoms with Crippen LogP contribution in [0.2, 0.25) is 0 Å². The van der Waals surface area contributed by atoms with Crippen LogP contribution in [0.3, 0.4) is 0 Å². The zero-order valence-corrected chi connectivity index (χ0v) is 9.63. The molecule has 0 fully saturated rings. The molecule has 2 N–H and O–H groups in total. The molecule has 4 nitrogen and oxygen atoms in total. The van der Waals surface area contributed by atoms with Crippen LogP contribution in [0.4, 0.5) is 0 Å². The highest BCUT2D eigenvalue weighted by molar-refractivity contribution is 5.92. The fourth-order valence-corrected chi connectivity index (χ4v) is 2.72. The number of nitrogens with zero attached hydrogens (tertiary/aromatic N) is 2. The Morgan fingerprint density at radius 1 is 1.33 bits per heavy atom. The largest absolute Gasteiger partial charge is 0.364 e. The molecular formula is C14H11N3O. The fourth-order valence-electron chi connectivity index (χ4n) is 2.72. The van der Waals surface area contributed by atoms with Gasteiger partial charge in [-0.15, -0.1) is 0 Å². The van der Waals surface area contributed by atoms with Gasteiger partial charge in [-0.3, -0.25) is 4.79 Å². The smallest absolute Gasteiger partial charge is 0.268 e. The predicted octanol–water partition coefficient (Wildman–Crippen LogP) is 1.99. The van der Waals surface area contributed by atoms with Gasteiger partial charge in [0.05, 0.1) is 6.04 Å². The summed E-state index contributed by atoms with van der Waals surface area (Å²) in [7, 11) is 0. The van der Waals surface area contributed by atoms with E-state index in [1.54, 1.807) is 6.20 Å². The maximum atomic E-state index is 11.3. The van der Waals surface area contributed by atoms with E-state index in [-0.39, 0.29) is 0 Å². The summed E-state index contributed by atoms with van der Waals surface area (Å²) >= 11 is 0. The number of rotatable bonds is 1. The fraction of sp³-hybridized carbons (Fsp3) is 0.143. The second-order valence-corrected chi connectivity index (χ2v) is 4.73. The summed E-state index contributed by atoms with van der Waals surface area (Å²) < 4.78 is 2.05. The number of hydrogen-bond acceptors (Lipinski definition) is 2. The van der Waals surface area contributed by atoms with Crippen molar-refractivity contribution in [2.45, 2.75) is 12.5 Å². The molecule has 4 heteroatoms. The second kappa shape index (κ2) is 3.10. The zero-order chi connectivity index (χ0) is 12.3. The number of benzene rings is 1. The van der Waals surface area contributed by atoms with Crippen molar-refractivity contribution < 1.29 is 4.79 Å². The average Bonchev–Trinajstić information content (AvgIpc) is 2.64. The quantitative estimate of drug-likeness (QED) is 0.824. The number of allylic oxidation sites excluding steroid dienone is 2. The van der Waals surface area contributed by atoms with Crippen LogP contribution in [0.1, 0.15) is 28.5 Å². The normalized spacial score (nSPS) is 19.1. The van der Waals surface area contributed by atoms with Gasteiger partial charge in [0.2, 0.25) is 0 Å². The van der Waals surface area contributed by atoms with Gasteiger partial charge in [0.1, 0.15) is 11.5 Å². The van der Waals surface area contributed by atoms with E-state index in [2.05, 4.69) is 21.7 Å². The maximum absolute atomic E-state index is 11.3. The molecule has 0 radical (unpaired) electrons. The number of primary amides is 1. The van der Waals surface area contributed by atoms with Crippen LogP contribution in [0.15, 0.2) is 36.5 Å². The number of carbonyl (C=O) groups excluding carboxylic acids is 1. The topological polar surface area (TPSA) is 60.9 Å². The van der Waals surface area contributed by atoms with Crippen molar-refractivity contribution in [2.24, 2.45) is 5.73 Å². The van der Waals surface area contributed by atoms with E-state index in [9.17, 15) is 4.79 Å². The molecule has 0 saturated carbocycles. The summed E-state index contributed by atoms with van der Waals surface area (Å²) in [4.78, 5) is 15.7. The lowest BCUT2D eigenvalue weighted by Gasteiger charge is -2.24. The second-order valence-electron chi connectivity index (χ2n) is 4.73. The molecule has 0 spiro atoms. The first-order valence-electron chi connectivity index (χ1n) is 5.93. The third kappa shape index (κ3) is 1.09. The van der Waals surface area contributed by atoms with Crippen molar-refractivity contribution in [3.8, 4) is 11.4 Å². The maximum Gasteiger partial charge on any atom is 0.268 e. The Bertz CT molecular complexity index is 712. The number of nitrogens with two attached hydrogens (primary N) is 1. The van der Waals surface area contributed by atoms with Crippen molar-refractivity contribution in [1.82, 2.24) is 9.55 Å². The first kappa shape index (κ1) is 9.65. The van der Waals surface area contributed by atoms with Gasteiger partial charge in [-0.2, -0.15) is 0 Å². The standard InChI is InChI=1S/C14H11N3O/c15-13(18)12-7-17-9-5-8(6-9)10-3-1-2-4-11(10)14(17)16-12/h1-5,7,9H,6H2,(H2,15,18). The highest BCUT2D eigenvalue weighted by Gasteiger charge is 2.31. The van der Waals surface area contributed by atoms with Crippen LogP contribution in [-0.4, -0.2) is 15.5 Å². The number of aromatic nitrogens is 2. The van der Waals surface area contributed by atoms with Crippen LogP contribution in [0.5, 0.6) is 0 Å². The highest BCUT2D eigenvalue weighted by Crippen LogP contribution is 2.46. The molecule has 1 aromatic carbocycles. The molecule has 18 heavy (non-hydrogen) atoms. The molecule has 88 valence electrons. The van der Waals surface area contributed by atoms with Crippen molar-refractivity contribution >= 4 is 11.5 Å². The van der Waals surface area contributed by atoms with Gasteiger partial charge in [0.15, 0.2) is 0 Å². The molecule has 2 aromatic rings. The summed E-state index contributed by atoms with van der Waals surface area (Å²) in [6, 6.07) is 8.47. The van der Waals surface area contributed by atoms with Gasteiger partial charge in [-0.25, -0.2) is 4.98 Å². The Hall–Kier alpha value is -2.36. The van der Waals surface area contributed by atoms with Gasteiger partial charge in [-0.1, -0.05) is 30.3 Å². The summed E-state index contributed by atoms with van der Waals surface area (Å²) in [5, 5.41) is 0. The molecule has 1 atom stereocenters. The Labute approximate surface area is 104 Å². The summed E-state index contributed by atoms with van der Waals surface area (Å²) in [5.74, 6) is 0.365. The van der Waals surface area contributed by atoms with Crippen molar-refractivity contribution in [2.75, 3.05) is 0 Å². The number of hydrogen-bond donors (Lipinski definition) is 1. The summed E-state index contributed by atoms with van der Waals surface area (Å²) in [6.07, 6.45) is 4.98. The first-order valence-corrected chi connectivity index (χ1v) is 5.93. The van der Waals surface area contributed by atoms with Crippen molar-refractivity contribution in [1.29, 1.82) is 0 Å². The van der Waals surface area contributed by atoms with Crippen LogP contribution in [0.25, 0.3) is 17.0 Å². The molecule has 5 rings (SSSR count).